The lowest BCUT2D eigenvalue weighted by Gasteiger charge is -2.28. The third-order valence-electron chi connectivity index (χ3n) is 8.71. The van der Waals surface area contributed by atoms with Gasteiger partial charge in [0.25, 0.3) is 0 Å². The quantitative estimate of drug-likeness (QED) is 0.183. The average Bonchev–Trinajstić information content (AvgIpc) is 3.50. The summed E-state index contributed by atoms with van der Waals surface area (Å²) in [4.78, 5) is 2.46. The second-order valence-electron chi connectivity index (χ2n) is 11.5. The summed E-state index contributed by atoms with van der Waals surface area (Å²) in [5, 5.41) is 6.31. The van der Waals surface area contributed by atoms with Gasteiger partial charge in [0, 0.05) is 36.6 Å². The van der Waals surface area contributed by atoms with Gasteiger partial charge in [-0.05, 0) is 87.2 Å². The molecule has 0 atom stereocenters. The summed E-state index contributed by atoms with van der Waals surface area (Å²) in [6, 6.07) is 48.6. The second kappa shape index (κ2) is 9.71. The van der Waals surface area contributed by atoms with Crippen LogP contribution in [-0.4, -0.2) is 8.07 Å². The number of halogens is 1. The zero-order valence-electron chi connectivity index (χ0n) is 23.4. The highest BCUT2D eigenvalue weighted by atomic mass is 35.5. The van der Waals surface area contributed by atoms with Gasteiger partial charge in [0.1, 0.15) is 8.07 Å². The molecule has 0 unspecified atom stereocenters. The molecule has 0 amide bonds. The van der Waals surface area contributed by atoms with Crippen molar-refractivity contribution in [1.29, 1.82) is 0 Å². The largest absolute Gasteiger partial charge is 0.310 e. The van der Waals surface area contributed by atoms with Crippen LogP contribution in [0.4, 0.5) is 17.1 Å². The van der Waals surface area contributed by atoms with Gasteiger partial charge in [-0.25, -0.2) is 0 Å². The Hall–Kier alpha value is -4.15. The molecule has 2 heterocycles. The van der Waals surface area contributed by atoms with Gasteiger partial charge in [-0.2, -0.15) is 0 Å². The highest BCUT2D eigenvalue weighted by Crippen LogP contribution is 2.46. The zero-order valence-corrected chi connectivity index (χ0v) is 26.0. The summed E-state index contributed by atoms with van der Waals surface area (Å²) in [5.41, 5.74) is 8.58. The van der Waals surface area contributed by atoms with Crippen LogP contribution in [0.25, 0.3) is 42.4 Å². The fraction of sp³-hybridized carbons (Fsp3) is 0.0526. The molecule has 0 saturated heterocycles. The molecule has 0 radical (unpaired) electrons. The van der Waals surface area contributed by atoms with Crippen LogP contribution in [0.3, 0.4) is 0 Å². The maximum absolute atomic E-state index is 6.51. The Labute approximate surface area is 256 Å². The molecule has 1 aromatic heterocycles. The molecule has 0 N–H and O–H groups in total. The van der Waals surface area contributed by atoms with Gasteiger partial charge in [-0.15, -0.1) is 11.3 Å². The van der Waals surface area contributed by atoms with Crippen molar-refractivity contribution in [2.75, 3.05) is 4.90 Å². The summed E-state index contributed by atoms with van der Waals surface area (Å²) >= 11 is 8.37. The molecule has 42 heavy (non-hydrogen) atoms. The Morgan fingerprint density at radius 3 is 2.19 bits per heavy atom. The molecule has 6 aromatic carbocycles. The van der Waals surface area contributed by atoms with Crippen molar-refractivity contribution in [2.24, 2.45) is 0 Å². The van der Waals surface area contributed by atoms with E-state index in [4.69, 9.17) is 11.6 Å². The molecule has 0 spiro atoms. The van der Waals surface area contributed by atoms with Crippen molar-refractivity contribution in [3.63, 3.8) is 0 Å². The first kappa shape index (κ1) is 25.5. The Morgan fingerprint density at radius 2 is 1.31 bits per heavy atom. The molecule has 0 aliphatic carbocycles. The van der Waals surface area contributed by atoms with Crippen LogP contribution in [-0.2, 0) is 0 Å². The third kappa shape index (κ3) is 3.96. The number of fused-ring (bicyclic) bond motifs is 6. The molecule has 0 saturated carbocycles. The van der Waals surface area contributed by atoms with Crippen LogP contribution in [0.5, 0.6) is 0 Å². The van der Waals surface area contributed by atoms with Crippen LogP contribution in [0.1, 0.15) is 0 Å². The van der Waals surface area contributed by atoms with Crippen molar-refractivity contribution in [3.8, 4) is 22.3 Å². The van der Waals surface area contributed by atoms with E-state index in [2.05, 4.69) is 145 Å². The molecule has 0 fully saturated rings. The summed E-state index contributed by atoms with van der Waals surface area (Å²) in [6.07, 6.45) is 0. The Kier molecular flexibility index (Phi) is 5.90. The number of hydrogen-bond acceptors (Lipinski definition) is 2. The van der Waals surface area contributed by atoms with E-state index in [-0.39, 0.29) is 0 Å². The number of nitrogens with zero attached hydrogens (tertiary/aromatic N) is 1. The molecular weight excluding hydrogens is 566 g/mol. The fourth-order valence-electron chi connectivity index (χ4n) is 6.68. The van der Waals surface area contributed by atoms with E-state index in [1.54, 1.807) is 0 Å². The highest BCUT2D eigenvalue weighted by Gasteiger charge is 2.38. The van der Waals surface area contributed by atoms with Gasteiger partial charge in [-0.1, -0.05) is 104 Å². The summed E-state index contributed by atoms with van der Waals surface area (Å²) in [6.45, 7) is 4.87. The second-order valence-corrected chi connectivity index (χ2v) is 17.4. The van der Waals surface area contributed by atoms with E-state index in [9.17, 15) is 0 Å². The van der Waals surface area contributed by atoms with Crippen LogP contribution in [0.15, 0.2) is 133 Å². The smallest absolute Gasteiger partial charge is 0.113 e. The Balaban J connectivity index is 1.40. The first-order chi connectivity index (χ1) is 20.5. The topological polar surface area (TPSA) is 3.24 Å². The van der Waals surface area contributed by atoms with Gasteiger partial charge >= 0.3 is 0 Å². The molecular formula is C38H28ClNSSi. The first-order valence-electron chi connectivity index (χ1n) is 14.3. The Bertz CT molecular complexity index is 2150. The van der Waals surface area contributed by atoms with Crippen molar-refractivity contribution in [1.82, 2.24) is 0 Å². The minimum atomic E-state index is -1.85. The van der Waals surface area contributed by atoms with Crippen molar-refractivity contribution >= 4 is 78.6 Å². The number of anilines is 3. The van der Waals surface area contributed by atoms with Gasteiger partial charge in [0.15, 0.2) is 0 Å². The first-order valence-corrected chi connectivity index (χ1v) is 18.5. The lowest BCUT2D eigenvalue weighted by atomic mass is 10.0. The molecule has 1 nitrogen and oxygen atoms in total. The number of benzene rings is 6. The van der Waals surface area contributed by atoms with Crippen molar-refractivity contribution < 1.29 is 0 Å². The van der Waals surface area contributed by atoms with Crippen LogP contribution < -0.4 is 15.3 Å². The van der Waals surface area contributed by atoms with Crippen molar-refractivity contribution in [2.45, 2.75) is 13.1 Å². The maximum Gasteiger partial charge on any atom is 0.113 e. The van der Waals surface area contributed by atoms with E-state index in [1.165, 1.54) is 58.5 Å². The van der Waals surface area contributed by atoms with Crippen LogP contribution in [0, 0.1) is 0 Å². The average molecular weight is 594 g/mol. The normalized spacial score (nSPS) is 13.3. The van der Waals surface area contributed by atoms with E-state index in [0.29, 0.717) is 0 Å². The number of rotatable bonds is 4. The molecule has 4 heteroatoms. The van der Waals surface area contributed by atoms with Crippen LogP contribution >= 0.6 is 22.9 Å². The van der Waals surface area contributed by atoms with Gasteiger partial charge < -0.3 is 4.90 Å². The predicted octanol–water partition coefficient (Wildman–Crippen LogP) is 10.6. The maximum atomic E-state index is 6.51. The van der Waals surface area contributed by atoms with E-state index in [1.807, 2.05) is 17.4 Å². The van der Waals surface area contributed by atoms with E-state index < -0.39 is 8.07 Å². The Morgan fingerprint density at radius 1 is 0.571 bits per heavy atom. The fourth-order valence-corrected chi connectivity index (χ4v) is 11.1. The van der Waals surface area contributed by atoms with Gasteiger partial charge in [-0.3, -0.25) is 0 Å². The molecule has 0 bridgehead atoms. The third-order valence-corrected chi connectivity index (χ3v) is 13.6. The van der Waals surface area contributed by atoms with Crippen LogP contribution in [0.2, 0.25) is 18.1 Å². The SMILES string of the molecule is C[Si]1(C)c2ccc(N(c3cccc(-c4ccccc4)c3)c3cccc4sc5ccccc5c34)cc2-c2ccc(Cl)cc21. The summed E-state index contributed by atoms with van der Waals surface area (Å²) < 4.78 is 2.61. The monoisotopic (exact) mass is 593 g/mol. The lowest BCUT2D eigenvalue weighted by Crippen LogP contribution is -2.49. The number of thiophene rings is 1. The molecule has 1 aliphatic heterocycles. The minimum Gasteiger partial charge on any atom is -0.310 e. The standard InChI is InChI=1S/C38H28ClNSSi/c1-42(2)36-21-19-29(24-32(36)30-20-18-27(39)23-37(30)42)40(28-13-8-12-26(22-28)25-10-4-3-5-11-25)33-15-9-17-35-38(33)31-14-6-7-16-34(31)41-35/h3-24H,1-2H3. The van der Waals surface area contributed by atoms with Crippen molar-refractivity contribution in [3.05, 3.63) is 138 Å². The van der Waals surface area contributed by atoms with Gasteiger partial charge in [0.2, 0.25) is 0 Å². The lowest BCUT2D eigenvalue weighted by molar-refractivity contribution is 1.30. The minimum absolute atomic E-state index is 0.817. The zero-order chi connectivity index (χ0) is 28.4. The van der Waals surface area contributed by atoms with Gasteiger partial charge in [0.05, 0.1) is 5.69 Å². The molecule has 1 aliphatic rings. The summed E-state index contributed by atoms with van der Waals surface area (Å²) in [5.74, 6) is 0. The molecule has 202 valence electrons. The summed E-state index contributed by atoms with van der Waals surface area (Å²) in [7, 11) is -1.85. The van der Waals surface area contributed by atoms with E-state index in [0.717, 1.165) is 16.4 Å². The molecule has 8 rings (SSSR count). The number of hydrogen-bond donors (Lipinski definition) is 0. The molecule has 7 aromatic rings. The highest BCUT2D eigenvalue weighted by molar-refractivity contribution is 7.26. The van der Waals surface area contributed by atoms with E-state index >= 15 is 0 Å². The predicted molar refractivity (Wildman–Crippen MR) is 187 cm³/mol.